The Labute approximate surface area is 150 Å². The highest BCUT2D eigenvalue weighted by Crippen LogP contribution is 2.22. The second-order valence-corrected chi connectivity index (χ2v) is 8.01. The molecule has 2 aromatic rings. The van der Waals surface area contributed by atoms with Crippen molar-refractivity contribution < 1.29 is 22.0 Å². The van der Waals surface area contributed by atoms with Gasteiger partial charge in [0, 0.05) is 30.4 Å². The number of sulfonamides is 1. The van der Waals surface area contributed by atoms with Crippen LogP contribution in [0.3, 0.4) is 0 Å². The van der Waals surface area contributed by atoms with Crippen molar-refractivity contribution in [1.29, 1.82) is 0 Å². The second kappa shape index (κ2) is 7.51. The minimum absolute atomic E-state index is 0.0392. The highest BCUT2D eigenvalue weighted by molar-refractivity contribution is 7.89. The molecule has 1 aliphatic rings. The fourth-order valence-corrected chi connectivity index (χ4v) is 4.39. The third-order valence-corrected chi connectivity index (χ3v) is 6.12. The van der Waals surface area contributed by atoms with Gasteiger partial charge < -0.3 is 5.32 Å². The summed E-state index contributed by atoms with van der Waals surface area (Å²) in [5.41, 5.74) is 0.200. The van der Waals surface area contributed by atoms with Crippen molar-refractivity contribution in [3.63, 3.8) is 0 Å². The van der Waals surface area contributed by atoms with E-state index in [0.29, 0.717) is 13.1 Å². The molecule has 0 unspecified atom stereocenters. The van der Waals surface area contributed by atoms with E-state index in [1.807, 2.05) is 0 Å². The molecular weight excluding hydrogens is 362 g/mol. The number of halogens is 2. The number of piperidine rings is 1. The quantitative estimate of drug-likeness (QED) is 0.884. The first-order valence-corrected chi connectivity index (χ1v) is 9.68. The van der Waals surface area contributed by atoms with E-state index in [1.165, 1.54) is 34.6 Å². The number of benzene rings is 2. The zero-order valence-electron chi connectivity index (χ0n) is 13.9. The maximum Gasteiger partial charge on any atom is 0.255 e. The number of rotatable bonds is 4. The molecule has 3 rings (SSSR count). The van der Waals surface area contributed by atoms with Gasteiger partial charge in [0.2, 0.25) is 10.0 Å². The van der Waals surface area contributed by atoms with Gasteiger partial charge in [0.25, 0.3) is 5.91 Å². The largest absolute Gasteiger partial charge is 0.322 e. The Morgan fingerprint density at radius 2 is 1.69 bits per heavy atom. The van der Waals surface area contributed by atoms with E-state index in [2.05, 4.69) is 5.32 Å². The zero-order valence-corrected chi connectivity index (χ0v) is 14.7. The van der Waals surface area contributed by atoms with Crippen molar-refractivity contribution in [1.82, 2.24) is 4.31 Å². The van der Waals surface area contributed by atoms with Crippen LogP contribution in [0.2, 0.25) is 0 Å². The van der Waals surface area contributed by atoms with Gasteiger partial charge in [0.15, 0.2) is 11.6 Å². The maximum absolute atomic E-state index is 13.2. The van der Waals surface area contributed by atoms with Gasteiger partial charge in [-0.3, -0.25) is 4.79 Å². The van der Waals surface area contributed by atoms with E-state index >= 15 is 0 Å². The molecule has 0 radical (unpaired) electrons. The van der Waals surface area contributed by atoms with Gasteiger partial charge in [0.05, 0.1) is 4.90 Å². The van der Waals surface area contributed by atoms with Gasteiger partial charge in [-0.15, -0.1) is 0 Å². The average Bonchev–Trinajstić information content (AvgIpc) is 2.65. The van der Waals surface area contributed by atoms with Crippen molar-refractivity contribution >= 4 is 21.6 Å². The number of nitrogens with one attached hydrogen (secondary N) is 1. The van der Waals surface area contributed by atoms with Gasteiger partial charge >= 0.3 is 0 Å². The van der Waals surface area contributed by atoms with Gasteiger partial charge in [-0.05, 0) is 43.2 Å². The second-order valence-electron chi connectivity index (χ2n) is 6.08. The molecule has 1 aliphatic heterocycles. The summed E-state index contributed by atoms with van der Waals surface area (Å²) in [6, 6.07) is 8.67. The van der Waals surface area contributed by atoms with Crippen LogP contribution < -0.4 is 5.32 Å². The van der Waals surface area contributed by atoms with Crippen LogP contribution in [-0.4, -0.2) is 31.7 Å². The zero-order chi connectivity index (χ0) is 18.7. The molecule has 1 N–H and O–H groups in total. The van der Waals surface area contributed by atoms with E-state index in [-0.39, 0.29) is 16.1 Å². The molecule has 1 fully saturated rings. The predicted molar refractivity (Wildman–Crippen MR) is 93.4 cm³/mol. The lowest BCUT2D eigenvalue weighted by Crippen LogP contribution is -2.35. The van der Waals surface area contributed by atoms with Crippen molar-refractivity contribution in [3.05, 3.63) is 59.7 Å². The van der Waals surface area contributed by atoms with Crippen molar-refractivity contribution in [3.8, 4) is 0 Å². The number of anilines is 1. The molecule has 8 heteroatoms. The van der Waals surface area contributed by atoms with E-state index in [0.717, 1.165) is 31.4 Å². The molecule has 0 spiro atoms. The summed E-state index contributed by atoms with van der Waals surface area (Å²) in [4.78, 5) is 12.4. The smallest absolute Gasteiger partial charge is 0.255 e. The van der Waals surface area contributed by atoms with E-state index in [1.54, 1.807) is 0 Å². The van der Waals surface area contributed by atoms with E-state index < -0.39 is 27.6 Å². The summed E-state index contributed by atoms with van der Waals surface area (Å²) < 4.78 is 53.0. The number of hydrogen-bond acceptors (Lipinski definition) is 3. The highest BCUT2D eigenvalue weighted by Gasteiger charge is 2.26. The minimum atomic E-state index is -3.66. The summed E-state index contributed by atoms with van der Waals surface area (Å²) in [5, 5.41) is 2.43. The fourth-order valence-electron chi connectivity index (χ4n) is 2.83. The van der Waals surface area contributed by atoms with Gasteiger partial charge in [-0.1, -0.05) is 12.5 Å². The molecule has 26 heavy (non-hydrogen) atoms. The van der Waals surface area contributed by atoms with Crippen LogP contribution in [0.5, 0.6) is 0 Å². The third kappa shape index (κ3) is 3.91. The lowest BCUT2D eigenvalue weighted by molar-refractivity contribution is 0.102. The first kappa shape index (κ1) is 18.5. The Bertz CT molecular complexity index is 926. The molecular formula is C18H18F2N2O3S. The van der Waals surface area contributed by atoms with Crippen LogP contribution >= 0.6 is 0 Å². The van der Waals surface area contributed by atoms with Crippen LogP contribution in [0, 0.1) is 11.6 Å². The van der Waals surface area contributed by atoms with Crippen LogP contribution in [0.4, 0.5) is 14.5 Å². The number of carbonyl (C=O) groups excluding carboxylic acids is 1. The fraction of sp³-hybridized carbons (Fsp3) is 0.278. The standard InChI is InChI=1S/C18H18F2N2O3S/c19-16-8-7-14(12-17(16)20)21-18(23)13-5-4-6-15(11-13)26(24,25)22-9-2-1-3-10-22/h4-8,11-12H,1-3,9-10H2,(H,21,23). The van der Waals surface area contributed by atoms with Crippen LogP contribution in [0.1, 0.15) is 29.6 Å². The molecule has 0 atom stereocenters. The van der Waals surface area contributed by atoms with Gasteiger partial charge in [-0.2, -0.15) is 4.31 Å². The summed E-state index contributed by atoms with van der Waals surface area (Å²) in [7, 11) is -3.66. The maximum atomic E-state index is 13.2. The van der Waals surface area contributed by atoms with Crippen LogP contribution in [-0.2, 0) is 10.0 Å². The molecule has 0 bridgehead atoms. The van der Waals surface area contributed by atoms with Crippen molar-refractivity contribution in [2.75, 3.05) is 18.4 Å². The number of carbonyl (C=O) groups is 1. The van der Waals surface area contributed by atoms with E-state index in [9.17, 15) is 22.0 Å². The molecule has 0 aromatic heterocycles. The summed E-state index contributed by atoms with van der Waals surface area (Å²) in [6.45, 7) is 0.932. The Balaban J connectivity index is 1.82. The lowest BCUT2D eigenvalue weighted by Gasteiger charge is -2.26. The first-order valence-electron chi connectivity index (χ1n) is 8.24. The Kier molecular flexibility index (Phi) is 5.33. The molecule has 1 amide bonds. The highest BCUT2D eigenvalue weighted by atomic mass is 32.2. The number of nitrogens with zero attached hydrogens (tertiary/aromatic N) is 1. The van der Waals surface area contributed by atoms with Crippen molar-refractivity contribution in [2.45, 2.75) is 24.2 Å². The predicted octanol–water partition coefficient (Wildman–Crippen LogP) is 3.39. The van der Waals surface area contributed by atoms with E-state index in [4.69, 9.17) is 0 Å². The number of hydrogen-bond donors (Lipinski definition) is 1. The summed E-state index contributed by atoms with van der Waals surface area (Å²) in [6.07, 6.45) is 2.63. The third-order valence-electron chi connectivity index (χ3n) is 4.23. The van der Waals surface area contributed by atoms with Crippen molar-refractivity contribution in [2.24, 2.45) is 0 Å². The molecule has 2 aromatic carbocycles. The summed E-state index contributed by atoms with van der Waals surface area (Å²) in [5.74, 6) is -2.70. The Hall–Kier alpha value is -2.32. The summed E-state index contributed by atoms with van der Waals surface area (Å²) >= 11 is 0. The molecule has 1 heterocycles. The first-order chi connectivity index (χ1) is 12.4. The Morgan fingerprint density at radius 1 is 0.962 bits per heavy atom. The molecule has 0 aliphatic carbocycles. The van der Waals surface area contributed by atoms with Crippen LogP contribution in [0.25, 0.3) is 0 Å². The van der Waals surface area contributed by atoms with Gasteiger partial charge in [0.1, 0.15) is 0 Å². The van der Waals surface area contributed by atoms with Crippen LogP contribution in [0.15, 0.2) is 47.4 Å². The lowest BCUT2D eigenvalue weighted by atomic mass is 10.2. The molecule has 5 nitrogen and oxygen atoms in total. The normalized spacial score (nSPS) is 15.6. The average molecular weight is 380 g/mol. The Morgan fingerprint density at radius 3 is 2.38 bits per heavy atom. The molecule has 0 saturated carbocycles. The molecule has 138 valence electrons. The monoisotopic (exact) mass is 380 g/mol. The number of amides is 1. The topological polar surface area (TPSA) is 66.5 Å². The minimum Gasteiger partial charge on any atom is -0.322 e. The SMILES string of the molecule is O=C(Nc1ccc(F)c(F)c1)c1cccc(S(=O)(=O)N2CCCCC2)c1. The van der Waals surface area contributed by atoms with Gasteiger partial charge in [-0.25, -0.2) is 17.2 Å². The molecule has 1 saturated heterocycles.